The van der Waals surface area contributed by atoms with Gasteiger partial charge in [0, 0.05) is 24.7 Å². The number of ether oxygens (including phenoxy) is 1. The second-order valence-electron chi connectivity index (χ2n) is 8.72. The molecule has 0 amide bonds. The van der Waals surface area contributed by atoms with E-state index in [1.807, 2.05) is 26.0 Å². The number of aromatic nitrogens is 3. The summed E-state index contributed by atoms with van der Waals surface area (Å²) in [6.07, 6.45) is 4.50. The van der Waals surface area contributed by atoms with Gasteiger partial charge in [0.15, 0.2) is 0 Å². The van der Waals surface area contributed by atoms with Gasteiger partial charge in [0.25, 0.3) is 5.95 Å². The fourth-order valence-corrected chi connectivity index (χ4v) is 4.82. The first-order valence-electron chi connectivity index (χ1n) is 10.4. The van der Waals surface area contributed by atoms with Crippen molar-refractivity contribution in [2.24, 2.45) is 11.8 Å². The molecule has 2 saturated carbocycles. The van der Waals surface area contributed by atoms with Gasteiger partial charge in [0.05, 0.1) is 11.8 Å². The number of aliphatic hydroxyl groups is 1. The number of fused-ring (bicyclic) bond motifs is 1. The Hall–Kier alpha value is -2.15. The van der Waals surface area contributed by atoms with Crippen LogP contribution in [-0.4, -0.2) is 45.5 Å². The summed E-state index contributed by atoms with van der Waals surface area (Å²) in [5, 5.41) is 14.9. The number of nitrogens with zero attached hydrogens (tertiary/aromatic N) is 4. The van der Waals surface area contributed by atoms with E-state index in [0.717, 1.165) is 61.8 Å². The summed E-state index contributed by atoms with van der Waals surface area (Å²) in [7, 11) is 0. The van der Waals surface area contributed by atoms with Crippen molar-refractivity contribution >= 4 is 5.95 Å². The summed E-state index contributed by atoms with van der Waals surface area (Å²) in [4.78, 5) is 11.3. The standard InChI is InChI=1S/C21H28N4O3/c1-12-6-7-18(13(2)22-12)27-19-9-16-11-25(10-15(16)8-17(19)26)21-23-20(28-24-21)14-4-3-5-14/h6-7,14-17,19,26H,3-5,8-11H2,1-2H3/t15-,16+,17+,19+/m0/s1. The van der Waals surface area contributed by atoms with Crippen molar-refractivity contribution in [3.63, 3.8) is 0 Å². The second-order valence-corrected chi connectivity index (χ2v) is 8.72. The molecule has 7 nitrogen and oxygen atoms in total. The SMILES string of the molecule is Cc1ccc(O[C@@H]2C[C@@H]3CN(c4noc(C5CCC5)n4)C[C@@H]3C[C@H]2O)c(C)n1. The smallest absolute Gasteiger partial charge is 0.266 e. The molecule has 7 heteroatoms. The van der Waals surface area contributed by atoms with E-state index in [4.69, 9.17) is 9.26 Å². The molecule has 0 radical (unpaired) electrons. The van der Waals surface area contributed by atoms with E-state index in [-0.39, 0.29) is 6.10 Å². The third-order valence-corrected chi connectivity index (χ3v) is 6.71. The molecule has 1 aliphatic heterocycles. The lowest BCUT2D eigenvalue weighted by Gasteiger charge is -2.35. The molecule has 0 unspecified atom stereocenters. The Morgan fingerprint density at radius 2 is 1.89 bits per heavy atom. The number of aliphatic hydroxyl groups excluding tert-OH is 1. The van der Waals surface area contributed by atoms with E-state index in [1.54, 1.807) is 0 Å². The maximum Gasteiger partial charge on any atom is 0.266 e. The minimum Gasteiger partial charge on any atom is -0.486 e. The fraction of sp³-hybridized carbons (Fsp3) is 0.667. The van der Waals surface area contributed by atoms with Crippen LogP contribution in [0.25, 0.3) is 0 Å². The summed E-state index contributed by atoms with van der Waals surface area (Å²) in [6, 6.07) is 3.91. The van der Waals surface area contributed by atoms with Crippen LogP contribution in [0.4, 0.5) is 5.95 Å². The largest absolute Gasteiger partial charge is 0.486 e. The van der Waals surface area contributed by atoms with Gasteiger partial charge >= 0.3 is 0 Å². The number of anilines is 1. The van der Waals surface area contributed by atoms with E-state index in [1.165, 1.54) is 6.42 Å². The predicted octanol–water partition coefficient (Wildman–Crippen LogP) is 3.00. The van der Waals surface area contributed by atoms with Gasteiger partial charge in [-0.3, -0.25) is 4.98 Å². The molecule has 0 bridgehead atoms. The normalized spacial score (nSPS) is 30.2. The molecule has 5 rings (SSSR count). The maximum atomic E-state index is 10.7. The Labute approximate surface area is 165 Å². The zero-order valence-corrected chi connectivity index (χ0v) is 16.5. The Morgan fingerprint density at radius 1 is 1.11 bits per heavy atom. The molecule has 28 heavy (non-hydrogen) atoms. The average molecular weight is 384 g/mol. The van der Waals surface area contributed by atoms with Crippen molar-refractivity contribution in [3.8, 4) is 5.75 Å². The monoisotopic (exact) mass is 384 g/mol. The van der Waals surface area contributed by atoms with E-state index in [0.29, 0.717) is 23.7 Å². The van der Waals surface area contributed by atoms with Gasteiger partial charge in [-0.15, -0.1) is 0 Å². The third kappa shape index (κ3) is 3.26. The summed E-state index contributed by atoms with van der Waals surface area (Å²) in [5.74, 6) is 3.64. The van der Waals surface area contributed by atoms with Crippen LogP contribution in [0.2, 0.25) is 0 Å². The van der Waals surface area contributed by atoms with Crippen LogP contribution in [0.1, 0.15) is 55.3 Å². The molecule has 3 aliphatic rings. The number of hydrogen-bond acceptors (Lipinski definition) is 7. The Balaban J connectivity index is 1.25. The molecule has 1 N–H and O–H groups in total. The quantitative estimate of drug-likeness (QED) is 0.867. The zero-order chi connectivity index (χ0) is 19.3. The minimum atomic E-state index is -0.460. The highest BCUT2D eigenvalue weighted by atomic mass is 16.5. The predicted molar refractivity (Wildman–Crippen MR) is 103 cm³/mol. The van der Waals surface area contributed by atoms with Gasteiger partial charge < -0.3 is 19.3 Å². The lowest BCUT2D eigenvalue weighted by atomic mass is 9.78. The van der Waals surface area contributed by atoms with Crippen molar-refractivity contribution in [1.82, 2.24) is 15.1 Å². The number of rotatable bonds is 4. The highest BCUT2D eigenvalue weighted by Gasteiger charge is 2.44. The van der Waals surface area contributed by atoms with E-state index < -0.39 is 6.10 Å². The van der Waals surface area contributed by atoms with Crippen molar-refractivity contribution in [1.29, 1.82) is 0 Å². The summed E-state index contributed by atoms with van der Waals surface area (Å²) in [5.41, 5.74) is 1.85. The molecule has 2 aromatic heterocycles. The van der Waals surface area contributed by atoms with Crippen molar-refractivity contribution in [2.45, 2.75) is 64.1 Å². The highest BCUT2D eigenvalue weighted by molar-refractivity contribution is 5.32. The van der Waals surface area contributed by atoms with Crippen LogP contribution in [-0.2, 0) is 0 Å². The summed E-state index contributed by atoms with van der Waals surface area (Å²) in [6.45, 7) is 5.70. The lowest BCUT2D eigenvalue weighted by Crippen LogP contribution is -2.42. The highest BCUT2D eigenvalue weighted by Crippen LogP contribution is 2.40. The van der Waals surface area contributed by atoms with Crippen LogP contribution >= 0.6 is 0 Å². The number of hydrogen-bond donors (Lipinski definition) is 1. The molecule has 1 saturated heterocycles. The van der Waals surface area contributed by atoms with Crippen LogP contribution in [0.15, 0.2) is 16.7 Å². The molecular formula is C21H28N4O3. The van der Waals surface area contributed by atoms with Gasteiger partial charge in [0.2, 0.25) is 5.89 Å². The maximum absolute atomic E-state index is 10.7. The summed E-state index contributed by atoms with van der Waals surface area (Å²) >= 11 is 0. The van der Waals surface area contributed by atoms with E-state index >= 15 is 0 Å². The van der Waals surface area contributed by atoms with Crippen molar-refractivity contribution in [3.05, 3.63) is 29.4 Å². The molecule has 2 aliphatic carbocycles. The van der Waals surface area contributed by atoms with Gasteiger partial charge in [-0.1, -0.05) is 6.42 Å². The van der Waals surface area contributed by atoms with Crippen molar-refractivity contribution < 1.29 is 14.4 Å². The fourth-order valence-electron chi connectivity index (χ4n) is 4.82. The topological polar surface area (TPSA) is 84.5 Å². The van der Waals surface area contributed by atoms with Crippen LogP contribution in [0, 0.1) is 25.7 Å². The van der Waals surface area contributed by atoms with Crippen LogP contribution in [0.3, 0.4) is 0 Å². The molecule has 0 aromatic carbocycles. The number of aryl methyl sites for hydroxylation is 2. The van der Waals surface area contributed by atoms with Crippen molar-refractivity contribution in [2.75, 3.05) is 18.0 Å². The molecule has 3 fully saturated rings. The van der Waals surface area contributed by atoms with Crippen LogP contribution < -0.4 is 9.64 Å². The van der Waals surface area contributed by atoms with Gasteiger partial charge in [-0.05, 0) is 68.7 Å². The zero-order valence-electron chi connectivity index (χ0n) is 16.5. The third-order valence-electron chi connectivity index (χ3n) is 6.71. The molecule has 3 heterocycles. The molecule has 150 valence electrons. The Morgan fingerprint density at radius 3 is 2.61 bits per heavy atom. The van der Waals surface area contributed by atoms with Gasteiger partial charge in [-0.25, -0.2) is 0 Å². The van der Waals surface area contributed by atoms with Crippen LogP contribution in [0.5, 0.6) is 5.75 Å². The Bertz CT molecular complexity index is 850. The first kappa shape index (κ1) is 17.9. The Kier molecular flexibility index (Phi) is 4.50. The molecule has 2 aromatic rings. The van der Waals surface area contributed by atoms with Gasteiger partial charge in [0.1, 0.15) is 11.9 Å². The minimum absolute atomic E-state index is 0.194. The van der Waals surface area contributed by atoms with E-state index in [2.05, 4.69) is 20.0 Å². The molecular weight excluding hydrogens is 356 g/mol. The average Bonchev–Trinajstić information content (AvgIpc) is 3.23. The number of pyridine rings is 1. The lowest BCUT2D eigenvalue weighted by molar-refractivity contribution is -0.0236. The first-order valence-corrected chi connectivity index (χ1v) is 10.4. The molecule has 4 atom stereocenters. The second kappa shape index (κ2) is 7.03. The first-order chi connectivity index (χ1) is 13.6. The summed E-state index contributed by atoms with van der Waals surface area (Å²) < 4.78 is 11.7. The van der Waals surface area contributed by atoms with E-state index in [9.17, 15) is 5.11 Å². The van der Waals surface area contributed by atoms with Gasteiger partial charge in [-0.2, -0.15) is 4.98 Å². The molecule has 0 spiro atoms.